The number of urea groups is 1. The number of nitrogens with zero attached hydrogens (tertiary/aromatic N) is 1. The number of hydrogen-bond donors (Lipinski definition) is 2. The van der Waals surface area contributed by atoms with Crippen molar-refractivity contribution in [2.75, 3.05) is 18.6 Å². The monoisotopic (exact) mass is 203 g/mol. The third-order valence-electron chi connectivity index (χ3n) is 1.33. The molecule has 7 heteroatoms. The van der Waals surface area contributed by atoms with E-state index in [4.69, 9.17) is 0 Å². The Morgan fingerprint density at radius 2 is 2.38 bits per heavy atom. The van der Waals surface area contributed by atoms with E-state index >= 15 is 0 Å². The zero-order chi connectivity index (χ0) is 9.84. The van der Waals surface area contributed by atoms with Gasteiger partial charge in [-0.1, -0.05) is 0 Å². The summed E-state index contributed by atoms with van der Waals surface area (Å²) in [6.07, 6.45) is 1.77. The van der Waals surface area contributed by atoms with Gasteiger partial charge in [0.15, 0.2) is 0 Å². The largest absolute Gasteiger partial charge is 0.343 e. The molecular formula is C6H9N3O3S. The molecule has 1 aliphatic heterocycles. The predicted octanol–water partition coefficient (Wildman–Crippen LogP) is -1.07. The molecule has 0 bridgehead atoms. The zero-order valence-corrected chi connectivity index (χ0v) is 7.81. The van der Waals surface area contributed by atoms with Gasteiger partial charge in [0.25, 0.3) is 0 Å². The van der Waals surface area contributed by atoms with Gasteiger partial charge < -0.3 is 0 Å². The average molecular weight is 203 g/mol. The lowest BCUT2D eigenvalue weighted by molar-refractivity contribution is -0.122. The predicted molar refractivity (Wildman–Crippen MR) is 46.8 cm³/mol. The van der Waals surface area contributed by atoms with Crippen molar-refractivity contribution in [3.8, 4) is 0 Å². The van der Waals surface area contributed by atoms with Crippen molar-refractivity contribution >= 4 is 29.6 Å². The van der Waals surface area contributed by atoms with E-state index < -0.39 is 11.9 Å². The minimum Gasteiger partial charge on any atom is -0.275 e. The lowest BCUT2D eigenvalue weighted by Gasteiger charge is -2.13. The summed E-state index contributed by atoms with van der Waals surface area (Å²) in [6, 6.07) is -0.584. The number of carbonyl (C=O) groups is 3. The SMILES string of the molecule is CSCC(=O)NN1CC(=O)NC1=O. The van der Waals surface area contributed by atoms with E-state index in [1.165, 1.54) is 11.8 Å². The summed E-state index contributed by atoms with van der Waals surface area (Å²) in [4.78, 5) is 32.6. The molecule has 0 saturated carbocycles. The number of hydrogen-bond acceptors (Lipinski definition) is 4. The standard InChI is InChI=1S/C6H9N3O3S/c1-13-3-5(11)8-9-2-4(10)7-6(9)12/h2-3H2,1H3,(H,8,11)(H,7,10,12). The van der Waals surface area contributed by atoms with Crippen molar-refractivity contribution < 1.29 is 14.4 Å². The molecule has 13 heavy (non-hydrogen) atoms. The van der Waals surface area contributed by atoms with Crippen LogP contribution in [0.3, 0.4) is 0 Å². The smallest absolute Gasteiger partial charge is 0.275 e. The van der Waals surface area contributed by atoms with Gasteiger partial charge in [0.2, 0.25) is 11.8 Å². The van der Waals surface area contributed by atoms with E-state index in [9.17, 15) is 14.4 Å². The quantitative estimate of drug-likeness (QED) is 0.573. The third-order valence-corrected chi connectivity index (χ3v) is 1.88. The van der Waals surface area contributed by atoms with Crippen LogP contribution in [-0.2, 0) is 9.59 Å². The summed E-state index contributed by atoms with van der Waals surface area (Å²) in [5, 5.41) is 3.00. The molecule has 0 aromatic rings. The van der Waals surface area contributed by atoms with Gasteiger partial charge in [-0.3, -0.25) is 20.3 Å². The van der Waals surface area contributed by atoms with Crippen LogP contribution in [0.1, 0.15) is 0 Å². The molecule has 6 nitrogen and oxygen atoms in total. The summed E-state index contributed by atoms with van der Waals surface area (Å²) < 4.78 is 0. The minimum atomic E-state index is -0.584. The number of amides is 4. The number of nitrogens with one attached hydrogen (secondary N) is 2. The van der Waals surface area contributed by atoms with Gasteiger partial charge in [0.1, 0.15) is 6.54 Å². The lowest BCUT2D eigenvalue weighted by atomic mass is 10.6. The summed E-state index contributed by atoms with van der Waals surface area (Å²) >= 11 is 1.34. The lowest BCUT2D eigenvalue weighted by Crippen LogP contribution is -2.44. The molecular weight excluding hydrogens is 194 g/mol. The van der Waals surface area contributed by atoms with Crippen molar-refractivity contribution in [3.05, 3.63) is 0 Å². The Kier molecular flexibility index (Phi) is 3.13. The molecule has 2 N–H and O–H groups in total. The van der Waals surface area contributed by atoms with Gasteiger partial charge >= 0.3 is 6.03 Å². The highest BCUT2D eigenvalue weighted by Crippen LogP contribution is 1.95. The van der Waals surface area contributed by atoms with E-state index in [2.05, 4.69) is 5.43 Å². The highest BCUT2D eigenvalue weighted by atomic mass is 32.2. The zero-order valence-electron chi connectivity index (χ0n) is 6.99. The molecule has 1 aliphatic rings. The first-order valence-electron chi connectivity index (χ1n) is 3.53. The second-order valence-corrected chi connectivity index (χ2v) is 3.27. The fraction of sp³-hybridized carbons (Fsp3) is 0.500. The Morgan fingerprint density at radius 1 is 1.69 bits per heavy atom. The first kappa shape index (κ1) is 9.85. The summed E-state index contributed by atoms with van der Waals surface area (Å²) in [6.45, 7) is -0.112. The van der Waals surface area contributed by atoms with Gasteiger partial charge in [-0.05, 0) is 6.26 Å². The van der Waals surface area contributed by atoms with Crippen molar-refractivity contribution in [2.24, 2.45) is 0 Å². The Hall–Kier alpha value is -1.24. The van der Waals surface area contributed by atoms with E-state index in [1.807, 2.05) is 5.32 Å². The molecule has 1 rings (SSSR count). The number of thioether (sulfide) groups is 1. The number of hydrazine groups is 1. The van der Waals surface area contributed by atoms with Crippen LogP contribution in [0, 0.1) is 0 Å². The van der Waals surface area contributed by atoms with Crippen LogP contribution in [-0.4, -0.2) is 41.4 Å². The first-order chi connectivity index (χ1) is 6.13. The molecule has 1 fully saturated rings. The Balaban J connectivity index is 2.41. The second-order valence-electron chi connectivity index (χ2n) is 2.41. The minimum absolute atomic E-state index is 0.112. The highest BCUT2D eigenvalue weighted by Gasteiger charge is 2.27. The van der Waals surface area contributed by atoms with Crippen LogP contribution in [0.25, 0.3) is 0 Å². The summed E-state index contributed by atoms with van der Waals surface area (Å²) in [5.41, 5.74) is 2.30. The van der Waals surface area contributed by atoms with Crippen molar-refractivity contribution in [2.45, 2.75) is 0 Å². The van der Waals surface area contributed by atoms with Gasteiger partial charge in [-0.25, -0.2) is 9.80 Å². The summed E-state index contributed by atoms with van der Waals surface area (Å²) in [7, 11) is 0. The van der Waals surface area contributed by atoms with Gasteiger partial charge in [-0.2, -0.15) is 11.8 Å². The molecule has 0 aliphatic carbocycles. The molecule has 1 saturated heterocycles. The fourth-order valence-corrected chi connectivity index (χ4v) is 1.17. The Labute approximate surface area is 79.0 Å². The van der Waals surface area contributed by atoms with E-state index in [0.29, 0.717) is 0 Å². The highest BCUT2D eigenvalue weighted by molar-refractivity contribution is 7.99. The topological polar surface area (TPSA) is 78.5 Å². The van der Waals surface area contributed by atoms with Gasteiger partial charge in [-0.15, -0.1) is 0 Å². The van der Waals surface area contributed by atoms with Crippen LogP contribution < -0.4 is 10.7 Å². The molecule has 4 amide bonds. The summed E-state index contributed by atoms with van der Waals surface area (Å²) in [5.74, 6) is -0.440. The fourth-order valence-electron chi connectivity index (χ4n) is 0.846. The van der Waals surface area contributed by atoms with Gasteiger partial charge in [0.05, 0.1) is 5.75 Å². The van der Waals surface area contributed by atoms with Crippen molar-refractivity contribution in [1.29, 1.82) is 0 Å². The maximum atomic E-state index is 11.0. The Morgan fingerprint density at radius 3 is 2.85 bits per heavy atom. The number of imide groups is 1. The number of carbonyl (C=O) groups excluding carboxylic acids is 3. The average Bonchev–Trinajstić information content (AvgIpc) is 2.30. The molecule has 0 aromatic carbocycles. The van der Waals surface area contributed by atoms with Crippen molar-refractivity contribution in [3.63, 3.8) is 0 Å². The molecule has 0 unspecified atom stereocenters. The molecule has 0 spiro atoms. The van der Waals surface area contributed by atoms with Crippen LogP contribution in [0.15, 0.2) is 0 Å². The van der Waals surface area contributed by atoms with Gasteiger partial charge in [0, 0.05) is 0 Å². The maximum Gasteiger partial charge on any atom is 0.343 e. The second kappa shape index (κ2) is 4.13. The number of rotatable bonds is 3. The third kappa shape index (κ3) is 2.62. The van der Waals surface area contributed by atoms with Crippen LogP contribution in [0.2, 0.25) is 0 Å². The van der Waals surface area contributed by atoms with E-state index in [-0.39, 0.29) is 18.2 Å². The van der Waals surface area contributed by atoms with Crippen LogP contribution in [0.4, 0.5) is 4.79 Å². The molecule has 0 atom stereocenters. The van der Waals surface area contributed by atoms with Crippen LogP contribution in [0.5, 0.6) is 0 Å². The van der Waals surface area contributed by atoms with E-state index in [0.717, 1.165) is 5.01 Å². The Bertz CT molecular complexity index is 256. The van der Waals surface area contributed by atoms with Crippen LogP contribution >= 0.6 is 11.8 Å². The first-order valence-corrected chi connectivity index (χ1v) is 4.92. The van der Waals surface area contributed by atoms with Crippen molar-refractivity contribution in [1.82, 2.24) is 15.8 Å². The maximum absolute atomic E-state index is 11.0. The molecule has 72 valence electrons. The van der Waals surface area contributed by atoms with E-state index in [1.54, 1.807) is 6.26 Å². The molecule has 1 heterocycles. The molecule has 0 aromatic heterocycles. The normalized spacial score (nSPS) is 15.9. The molecule has 0 radical (unpaired) electrons.